The van der Waals surface area contributed by atoms with Crippen molar-refractivity contribution >= 4 is 44.7 Å². The van der Waals surface area contributed by atoms with E-state index in [0.717, 1.165) is 16.7 Å². The Hall–Kier alpha value is -7.92. The minimum Gasteiger partial charge on any atom is -0.405 e. The third-order valence-corrected chi connectivity index (χ3v) is 11.0. The van der Waals surface area contributed by atoms with Gasteiger partial charge in [-0.05, 0) is 24.3 Å². The van der Waals surface area contributed by atoms with Crippen LogP contribution in [0.4, 0.5) is 87.8 Å². The molecule has 0 N–H and O–H groups in total. The summed E-state index contributed by atoms with van der Waals surface area (Å²) in [7, 11) is 0. The first-order chi connectivity index (χ1) is 33.5. The van der Waals surface area contributed by atoms with Gasteiger partial charge in [0, 0.05) is 17.0 Å². The standard InChI is InChI=1S/C24BF20.C23H18NO2/c26-5-1(6(27)14(35)21(42)13(5)34)25(2-7(28)15(36)22(43)16(37)8(2)29,3-9(30)17(38)23(44)18(39)10(3)31)4-11(32)19(40)24(45)20(41)12(4)33;25-22(19-10-3-1-4-11-19)17-24-21-14-8-7-9-18(21)15-16-23(24)26-20-12-5-2-6-13-20/h;1-16H,17H2/q-1;+1. The number of hydrogen-bond acceptors (Lipinski definition) is 2. The molecule has 0 spiro atoms. The minimum atomic E-state index is -7.22. The number of ketones is 1. The number of Topliss-reactive ketones (excluding diaryl/α,β-unsaturated/α-hetero) is 1. The summed E-state index contributed by atoms with van der Waals surface area (Å²) in [6.45, 7) is 0.216. The molecule has 0 aliphatic rings. The van der Waals surface area contributed by atoms with Crippen LogP contribution in [0.25, 0.3) is 10.9 Å². The van der Waals surface area contributed by atoms with Crippen LogP contribution >= 0.6 is 0 Å². The first-order valence-corrected chi connectivity index (χ1v) is 19.5. The number of halogens is 20. The molecular weight excluding hydrogens is 1000 g/mol. The number of carbonyl (C=O) groups is 1. The summed E-state index contributed by atoms with van der Waals surface area (Å²) >= 11 is 0. The van der Waals surface area contributed by atoms with E-state index in [9.17, 15) is 57.5 Å². The van der Waals surface area contributed by atoms with Crippen LogP contribution in [0, 0.1) is 116 Å². The summed E-state index contributed by atoms with van der Waals surface area (Å²) in [5.74, 6) is -70.0. The maximum Gasteiger partial charge on any atom is 0.374 e. The highest BCUT2D eigenvalue weighted by Crippen LogP contribution is 2.31. The summed E-state index contributed by atoms with van der Waals surface area (Å²) in [5.41, 5.74) is -12.7. The molecule has 0 amide bonds. The van der Waals surface area contributed by atoms with Crippen molar-refractivity contribution in [2.24, 2.45) is 0 Å². The van der Waals surface area contributed by atoms with Crippen molar-refractivity contribution in [2.45, 2.75) is 6.54 Å². The van der Waals surface area contributed by atoms with E-state index in [1.54, 1.807) is 0 Å². The normalized spacial score (nSPS) is 11.5. The second-order valence-corrected chi connectivity index (χ2v) is 14.8. The Morgan fingerprint density at radius 1 is 0.352 bits per heavy atom. The molecule has 24 heteroatoms. The van der Waals surface area contributed by atoms with Gasteiger partial charge in [0.15, 0.2) is 69.8 Å². The second-order valence-electron chi connectivity index (χ2n) is 14.8. The van der Waals surface area contributed by atoms with Crippen LogP contribution < -0.4 is 31.2 Å². The van der Waals surface area contributed by atoms with Crippen molar-refractivity contribution in [3.8, 4) is 11.6 Å². The Morgan fingerprint density at radius 3 is 1.00 bits per heavy atom. The zero-order chi connectivity index (χ0) is 52.1. The van der Waals surface area contributed by atoms with Gasteiger partial charge < -0.3 is 4.74 Å². The van der Waals surface area contributed by atoms with Gasteiger partial charge in [-0.1, -0.05) is 60.7 Å². The highest BCUT2D eigenvalue weighted by Gasteiger charge is 2.52. The molecule has 0 atom stereocenters. The van der Waals surface area contributed by atoms with Gasteiger partial charge in [0.2, 0.25) is 17.8 Å². The smallest absolute Gasteiger partial charge is 0.374 e. The Kier molecular flexibility index (Phi) is 14.0. The monoisotopic (exact) mass is 1020 g/mol. The fraction of sp³-hybridized carbons (Fsp3) is 0.0213. The maximum absolute atomic E-state index is 15.4. The fourth-order valence-corrected chi connectivity index (χ4v) is 7.84. The van der Waals surface area contributed by atoms with E-state index in [1.165, 1.54) is 0 Å². The van der Waals surface area contributed by atoms with Crippen LogP contribution in [0.1, 0.15) is 10.4 Å². The summed E-state index contributed by atoms with van der Waals surface area (Å²) < 4.78 is 302. The van der Waals surface area contributed by atoms with E-state index in [-0.39, 0.29) is 12.3 Å². The van der Waals surface area contributed by atoms with E-state index >= 15 is 35.1 Å². The number of benzene rings is 7. The summed E-state index contributed by atoms with van der Waals surface area (Å²) in [6.07, 6.45) is -7.22. The van der Waals surface area contributed by atoms with Crippen molar-refractivity contribution < 1.29 is 102 Å². The average molecular weight is 1020 g/mol. The highest BCUT2D eigenvalue weighted by atomic mass is 19.2. The van der Waals surface area contributed by atoms with Crippen molar-refractivity contribution in [1.29, 1.82) is 0 Å². The lowest BCUT2D eigenvalue weighted by atomic mass is 9.12. The molecule has 0 aliphatic carbocycles. The number of nitrogens with zero attached hydrogens (tertiary/aromatic N) is 1. The Balaban J connectivity index is 0.000000240. The molecule has 366 valence electrons. The largest absolute Gasteiger partial charge is 0.405 e. The Morgan fingerprint density at radius 2 is 0.648 bits per heavy atom. The molecule has 1 aromatic heterocycles. The van der Waals surface area contributed by atoms with Crippen molar-refractivity contribution in [3.63, 3.8) is 0 Å². The quantitative estimate of drug-likeness (QED) is 0.0360. The molecule has 71 heavy (non-hydrogen) atoms. The number of rotatable bonds is 9. The molecule has 0 saturated carbocycles. The average Bonchev–Trinajstić information content (AvgIpc) is 3.37. The molecule has 7 aromatic carbocycles. The summed E-state index contributed by atoms with van der Waals surface area (Å²) in [4.78, 5) is 12.8. The van der Waals surface area contributed by atoms with Crippen LogP contribution in [0.5, 0.6) is 11.6 Å². The van der Waals surface area contributed by atoms with E-state index < -0.39 is 144 Å². The Bertz CT molecular complexity index is 3070. The molecule has 0 saturated heterocycles. The molecule has 1 heterocycles. The van der Waals surface area contributed by atoms with Gasteiger partial charge in [-0.3, -0.25) is 4.79 Å². The van der Waals surface area contributed by atoms with Gasteiger partial charge >= 0.3 is 5.88 Å². The van der Waals surface area contributed by atoms with Crippen LogP contribution in [0.3, 0.4) is 0 Å². The number of aromatic nitrogens is 1. The number of para-hydroxylation sites is 2. The lowest BCUT2D eigenvalue weighted by molar-refractivity contribution is -0.661. The zero-order valence-electron chi connectivity index (χ0n) is 34.3. The van der Waals surface area contributed by atoms with E-state index in [4.69, 9.17) is 4.74 Å². The van der Waals surface area contributed by atoms with Gasteiger partial charge in [-0.25, -0.2) is 87.8 Å². The Labute approximate surface area is 383 Å². The first kappa shape index (κ1) is 50.9. The fourth-order valence-electron chi connectivity index (χ4n) is 7.84. The summed E-state index contributed by atoms with van der Waals surface area (Å²) in [5, 5.41) is 1.06. The van der Waals surface area contributed by atoms with E-state index in [1.807, 2.05) is 102 Å². The number of carbonyl (C=O) groups excluding carboxylic acids is 1. The van der Waals surface area contributed by atoms with Crippen LogP contribution in [-0.2, 0) is 6.54 Å². The van der Waals surface area contributed by atoms with Crippen LogP contribution in [0.15, 0.2) is 97.1 Å². The molecular formula is C47H18BF20NO2. The van der Waals surface area contributed by atoms with E-state index in [2.05, 4.69) is 0 Å². The van der Waals surface area contributed by atoms with Gasteiger partial charge in [0.25, 0.3) is 0 Å². The van der Waals surface area contributed by atoms with Gasteiger partial charge in [-0.2, -0.15) is 4.57 Å². The van der Waals surface area contributed by atoms with E-state index in [0.29, 0.717) is 11.4 Å². The van der Waals surface area contributed by atoms with Crippen molar-refractivity contribution in [1.82, 2.24) is 0 Å². The SMILES string of the molecule is Fc1c(F)c(F)c([B-](c2c(F)c(F)c(F)c(F)c2F)(c2c(F)c(F)c(F)c(F)c2F)c2c(F)c(F)c(F)c(F)c2F)c(F)c1F.O=C(C[n+]1c(Oc2ccccc2)ccc2ccccc21)c1ccccc1. The number of pyridine rings is 1. The molecule has 3 nitrogen and oxygen atoms in total. The van der Waals surface area contributed by atoms with Crippen molar-refractivity contribution in [3.05, 3.63) is 219 Å². The van der Waals surface area contributed by atoms with Crippen LogP contribution in [0.2, 0.25) is 0 Å². The number of ether oxygens (including phenoxy) is 1. The third-order valence-electron chi connectivity index (χ3n) is 11.0. The number of fused-ring (bicyclic) bond motifs is 1. The van der Waals surface area contributed by atoms with Crippen LogP contribution in [-0.4, -0.2) is 11.9 Å². The molecule has 0 unspecified atom stereocenters. The second kappa shape index (κ2) is 19.5. The molecule has 8 rings (SSSR count). The van der Waals surface area contributed by atoms with Gasteiger partial charge in [0.05, 0.1) is 6.07 Å². The predicted octanol–water partition coefficient (Wildman–Crippen LogP) is 10.6. The van der Waals surface area contributed by atoms with Crippen molar-refractivity contribution in [2.75, 3.05) is 0 Å². The minimum absolute atomic E-state index is 0.0462. The highest BCUT2D eigenvalue weighted by molar-refractivity contribution is 7.20. The topological polar surface area (TPSA) is 30.2 Å². The lowest BCUT2D eigenvalue weighted by Gasteiger charge is -2.44. The summed E-state index contributed by atoms with van der Waals surface area (Å²) in [6, 6.07) is 30.9. The maximum atomic E-state index is 15.4. The predicted molar refractivity (Wildman–Crippen MR) is 211 cm³/mol. The molecule has 0 bridgehead atoms. The lowest BCUT2D eigenvalue weighted by Crippen LogP contribution is -2.81. The molecule has 0 radical (unpaired) electrons. The number of hydrogen-bond donors (Lipinski definition) is 0. The van der Waals surface area contributed by atoms with Gasteiger partial charge in [0.1, 0.15) is 58.4 Å². The first-order valence-electron chi connectivity index (χ1n) is 19.5. The zero-order valence-corrected chi connectivity index (χ0v) is 34.3. The molecule has 0 aliphatic heterocycles. The molecule has 8 aromatic rings. The third kappa shape index (κ3) is 8.32. The van der Waals surface area contributed by atoms with Gasteiger partial charge in [-0.15, -0.1) is 21.9 Å². The molecule has 0 fully saturated rings.